The summed E-state index contributed by atoms with van der Waals surface area (Å²) in [5.41, 5.74) is 7.54. The van der Waals surface area contributed by atoms with Gasteiger partial charge in [0.15, 0.2) is 0 Å². The maximum absolute atomic E-state index is 10.7. The van der Waals surface area contributed by atoms with Gasteiger partial charge in [-0.3, -0.25) is 0 Å². The lowest BCUT2D eigenvalue weighted by molar-refractivity contribution is 0.456. The zero-order chi connectivity index (χ0) is 19.8. The molecule has 4 aromatic carbocycles. The summed E-state index contributed by atoms with van der Waals surface area (Å²) in [5, 5.41) is 21.4. The predicted molar refractivity (Wildman–Crippen MR) is 117 cm³/mol. The third-order valence-corrected chi connectivity index (χ3v) is 5.96. The van der Waals surface area contributed by atoms with Gasteiger partial charge in [0, 0.05) is 17.0 Å². The first-order chi connectivity index (χ1) is 14.2. The highest BCUT2D eigenvalue weighted by atomic mass is 16.3. The summed E-state index contributed by atoms with van der Waals surface area (Å²) in [5.74, 6) is 0.580. The second-order valence-electron chi connectivity index (χ2n) is 7.62. The summed E-state index contributed by atoms with van der Waals surface area (Å²) in [6, 6.07) is 30.1. The molecule has 2 nitrogen and oxygen atoms in total. The highest BCUT2D eigenvalue weighted by Gasteiger charge is 2.31. The van der Waals surface area contributed by atoms with E-state index in [0.29, 0.717) is 5.75 Å². The number of aromatic hydroxyl groups is 2. The van der Waals surface area contributed by atoms with Crippen LogP contribution in [-0.4, -0.2) is 10.2 Å². The van der Waals surface area contributed by atoms with Gasteiger partial charge in [-0.15, -0.1) is 0 Å². The van der Waals surface area contributed by atoms with Gasteiger partial charge in [0.25, 0.3) is 0 Å². The first kappa shape index (κ1) is 17.6. The fourth-order valence-electron chi connectivity index (χ4n) is 4.59. The Balaban J connectivity index is 1.63. The number of phenols is 2. The monoisotopic (exact) mass is 378 g/mol. The highest BCUT2D eigenvalue weighted by Crippen LogP contribution is 2.49. The average Bonchev–Trinajstić information content (AvgIpc) is 3.21. The number of hydrogen-bond donors (Lipinski definition) is 2. The zero-order valence-corrected chi connectivity index (χ0v) is 16.0. The molecule has 0 heterocycles. The number of benzene rings is 4. The van der Waals surface area contributed by atoms with Gasteiger partial charge in [-0.1, -0.05) is 72.8 Å². The van der Waals surface area contributed by atoms with Crippen molar-refractivity contribution < 1.29 is 10.2 Å². The van der Waals surface area contributed by atoms with Crippen LogP contribution in [0.4, 0.5) is 0 Å². The lowest BCUT2D eigenvalue weighted by atomic mass is 9.88. The molecule has 0 saturated heterocycles. The minimum atomic E-state index is -0.0164. The van der Waals surface area contributed by atoms with Crippen LogP contribution in [0.25, 0.3) is 22.3 Å². The van der Waals surface area contributed by atoms with E-state index in [-0.39, 0.29) is 11.7 Å². The summed E-state index contributed by atoms with van der Waals surface area (Å²) in [6.45, 7) is 0. The van der Waals surface area contributed by atoms with Crippen LogP contribution in [0.3, 0.4) is 0 Å². The molecule has 0 bridgehead atoms. The molecule has 0 amide bonds. The lowest BCUT2D eigenvalue weighted by Crippen LogP contribution is -1.99. The summed E-state index contributed by atoms with van der Waals surface area (Å²) < 4.78 is 0. The van der Waals surface area contributed by atoms with Crippen molar-refractivity contribution in [1.29, 1.82) is 0 Å². The summed E-state index contributed by atoms with van der Waals surface area (Å²) in [4.78, 5) is 0. The molecule has 0 radical (unpaired) electrons. The van der Waals surface area contributed by atoms with Gasteiger partial charge in [-0.2, -0.15) is 0 Å². The molecule has 4 aromatic rings. The van der Waals surface area contributed by atoms with Crippen molar-refractivity contribution in [3.63, 3.8) is 0 Å². The van der Waals surface area contributed by atoms with Crippen molar-refractivity contribution in [1.82, 2.24) is 0 Å². The second-order valence-corrected chi connectivity index (χ2v) is 7.62. The Hall–Kier alpha value is -3.52. The molecule has 1 aliphatic carbocycles. The largest absolute Gasteiger partial charge is 0.508 e. The summed E-state index contributed by atoms with van der Waals surface area (Å²) in [6.07, 6.45) is 1.76. The third kappa shape index (κ3) is 3.07. The van der Waals surface area contributed by atoms with E-state index < -0.39 is 0 Å². The van der Waals surface area contributed by atoms with Crippen LogP contribution in [0.5, 0.6) is 11.5 Å². The first-order valence-electron chi connectivity index (χ1n) is 10.0. The standard InChI is InChI=1S/C27H22O2/c28-25-15-11-20(18-7-3-1-4-8-18)17-24(25)23-13-12-22-21(14-16-26(29)27(22)23)19-9-5-2-6-10-19/h1-11,14-17,23,28-29H,12-13H2/t23-/m0/s1. The van der Waals surface area contributed by atoms with Gasteiger partial charge in [-0.05, 0) is 58.9 Å². The Kier molecular flexibility index (Phi) is 4.33. The molecule has 0 fully saturated rings. The van der Waals surface area contributed by atoms with Crippen LogP contribution < -0.4 is 0 Å². The van der Waals surface area contributed by atoms with Crippen LogP contribution in [0.2, 0.25) is 0 Å². The van der Waals surface area contributed by atoms with E-state index in [9.17, 15) is 10.2 Å². The van der Waals surface area contributed by atoms with Crippen molar-refractivity contribution in [2.75, 3.05) is 0 Å². The van der Waals surface area contributed by atoms with Gasteiger partial charge in [0.1, 0.15) is 11.5 Å². The molecular weight excluding hydrogens is 356 g/mol. The molecule has 0 aliphatic heterocycles. The quantitative estimate of drug-likeness (QED) is 0.427. The molecule has 1 atom stereocenters. The van der Waals surface area contributed by atoms with Gasteiger partial charge in [0.2, 0.25) is 0 Å². The third-order valence-electron chi connectivity index (χ3n) is 5.96. The number of hydrogen-bond acceptors (Lipinski definition) is 2. The van der Waals surface area contributed by atoms with Crippen molar-refractivity contribution in [3.8, 4) is 33.8 Å². The summed E-state index contributed by atoms with van der Waals surface area (Å²) >= 11 is 0. The van der Waals surface area contributed by atoms with Crippen LogP contribution in [0.1, 0.15) is 29.0 Å². The highest BCUT2D eigenvalue weighted by molar-refractivity contribution is 5.74. The molecule has 0 spiro atoms. The Labute approximate surface area is 170 Å². The van der Waals surface area contributed by atoms with E-state index in [1.165, 1.54) is 11.1 Å². The number of rotatable bonds is 3. The van der Waals surface area contributed by atoms with Gasteiger partial charge in [-0.25, -0.2) is 0 Å². The zero-order valence-electron chi connectivity index (χ0n) is 16.0. The van der Waals surface area contributed by atoms with E-state index in [2.05, 4.69) is 30.3 Å². The van der Waals surface area contributed by atoms with Gasteiger partial charge >= 0.3 is 0 Å². The van der Waals surface area contributed by atoms with Crippen molar-refractivity contribution >= 4 is 0 Å². The molecule has 29 heavy (non-hydrogen) atoms. The molecular formula is C27H22O2. The van der Waals surface area contributed by atoms with Gasteiger partial charge < -0.3 is 10.2 Å². The van der Waals surface area contributed by atoms with Crippen LogP contribution in [-0.2, 0) is 6.42 Å². The number of fused-ring (bicyclic) bond motifs is 1. The van der Waals surface area contributed by atoms with E-state index >= 15 is 0 Å². The van der Waals surface area contributed by atoms with E-state index in [4.69, 9.17) is 0 Å². The SMILES string of the molecule is Oc1ccc(-c2ccccc2)cc1[C@@H]1CCc2c(-c3ccccc3)ccc(O)c21. The minimum absolute atomic E-state index is 0.0164. The van der Waals surface area contributed by atoms with Crippen molar-refractivity contribution in [2.24, 2.45) is 0 Å². The average molecular weight is 378 g/mol. The van der Waals surface area contributed by atoms with E-state index in [1.54, 1.807) is 12.1 Å². The van der Waals surface area contributed by atoms with E-state index in [1.807, 2.05) is 48.5 Å². The first-order valence-corrected chi connectivity index (χ1v) is 10.0. The molecule has 0 saturated carbocycles. The molecule has 2 heteroatoms. The Morgan fingerprint density at radius 3 is 2.00 bits per heavy atom. The van der Waals surface area contributed by atoms with Crippen LogP contribution in [0.15, 0.2) is 91.0 Å². The summed E-state index contributed by atoms with van der Waals surface area (Å²) in [7, 11) is 0. The predicted octanol–water partition coefficient (Wildman–Crippen LogP) is 6.51. The molecule has 0 aromatic heterocycles. The van der Waals surface area contributed by atoms with E-state index in [0.717, 1.165) is 40.7 Å². The maximum atomic E-state index is 10.7. The fraction of sp³-hybridized carbons (Fsp3) is 0.111. The molecule has 142 valence electrons. The van der Waals surface area contributed by atoms with Gasteiger partial charge in [0.05, 0.1) is 0 Å². The lowest BCUT2D eigenvalue weighted by Gasteiger charge is -2.18. The minimum Gasteiger partial charge on any atom is -0.508 e. The molecule has 0 unspecified atom stereocenters. The Morgan fingerprint density at radius 1 is 0.621 bits per heavy atom. The Morgan fingerprint density at radius 2 is 1.28 bits per heavy atom. The molecule has 5 rings (SSSR count). The van der Waals surface area contributed by atoms with Crippen molar-refractivity contribution in [3.05, 3.63) is 108 Å². The number of phenolic OH excluding ortho intramolecular Hbond substituents is 2. The van der Waals surface area contributed by atoms with Crippen LogP contribution in [0, 0.1) is 0 Å². The topological polar surface area (TPSA) is 40.5 Å². The molecule has 2 N–H and O–H groups in total. The molecule has 1 aliphatic rings. The normalized spacial score (nSPS) is 15.2. The fourth-order valence-corrected chi connectivity index (χ4v) is 4.59. The van der Waals surface area contributed by atoms with Crippen LogP contribution >= 0.6 is 0 Å². The maximum Gasteiger partial charge on any atom is 0.119 e. The Bertz CT molecular complexity index is 1160. The second kappa shape index (κ2) is 7.14. The smallest absolute Gasteiger partial charge is 0.119 e. The van der Waals surface area contributed by atoms with Crippen molar-refractivity contribution in [2.45, 2.75) is 18.8 Å².